The van der Waals surface area contributed by atoms with Crippen molar-refractivity contribution in [1.82, 2.24) is 9.55 Å². The van der Waals surface area contributed by atoms with Crippen LogP contribution in [0.15, 0.2) is 65.4 Å². The maximum atomic E-state index is 12.8. The van der Waals surface area contributed by atoms with Gasteiger partial charge in [-0.25, -0.2) is 9.78 Å². The molecule has 5 rings (SSSR count). The Hall–Kier alpha value is -3.67. The van der Waals surface area contributed by atoms with Crippen LogP contribution in [0, 0.1) is 0 Å². The summed E-state index contributed by atoms with van der Waals surface area (Å²) in [6.07, 6.45) is 3.06. The number of furan rings is 1. The Kier molecular flexibility index (Phi) is 2.70. The fraction of sp³-hybridized carbons (Fsp3) is 0. The molecule has 0 aliphatic carbocycles. The molecule has 0 unspecified atom stereocenters. The number of ether oxygens (including phenoxy) is 1. The Balaban J connectivity index is 1.77. The van der Waals surface area contributed by atoms with Crippen LogP contribution < -0.4 is 4.74 Å². The molecule has 120 valence electrons. The van der Waals surface area contributed by atoms with Crippen molar-refractivity contribution in [3.8, 4) is 17.1 Å². The van der Waals surface area contributed by atoms with Gasteiger partial charge in [-0.05, 0) is 36.4 Å². The molecular formula is C19H10N2O4. The zero-order valence-electron chi connectivity index (χ0n) is 12.8. The van der Waals surface area contributed by atoms with Crippen molar-refractivity contribution in [2.24, 2.45) is 0 Å². The van der Waals surface area contributed by atoms with Gasteiger partial charge in [-0.3, -0.25) is 9.36 Å². The highest BCUT2D eigenvalue weighted by Gasteiger charge is 2.33. The minimum absolute atomic E-state index is 0.0692. The highest BCUT2D eigenvalue weighted by Crippen LogP contribution is 2.40. The minimum Gasteiger partial charge on any atom is -0.457 e. The number of benzene rings is 1. The highest BCUT2D eigenvalue weighted by molar-refractivity contribution is 6.14. The quantitative estimate of drug-likeness (QED) is 0.463. The first-order chi connectivity index (χ1) is 12.2. The van der Waals surface area contributed by atoms with Gasteiger partial charge in [0.1, 0.15) is 11.3 Å². The summed E-state index contributed by atoms with van der Waals surface area (Å²) in [5, 5.41) is 0.597. The summed E-state index contributed by atoms with van der Waals surface area (Å²) < 4.78 is 12.2. The smallest absolute Gasteiger partial charge is 0.379 e. The van der Waals surface area contributed by atoms with E-state index in [9.17, 15) is 9.59 Å². The molecule has 0 N–H and O–H groups in total. The number of aromatic nitrogens is 2. The summed E-state index contributed by atoms with van der Waals surface area (Å²) in [7, 11) is 0. The first-order valence-corrected chi connectivity index (χ1v) is 7.65. The topological polar surface area (TPSA) is 74.3 Å². The van der Waals surface area contributed by atoms with Crippen LogP contribution in [0.25, 0.3) is 22.3 Å². The summed E-state index contributed by atoms with van der Waals surface area (Å²) in [6.45, 7) is 0. The fourth-order valence-corrected chi connectivity index (χ4v) is 3.08. The van der Waals surface area contributed by atoms with Crippen LogP contribution in [0.3, 0.4) is 0 Å². The van der Waals surface area contributed by atoms with Crippen molar-refractivity contribution in [2.75, 3.05) is 0 Å². The van der Waals surface area contributed by atoms with E-state index in [4.69, 9.17) is 9.15 Å². The predicted molar refractivity (Wildman–Crippen MR) is 88.6 cm³/mol. The first-order valence-electron chi connectivity index (χ1n) is 7.65. The van der Waals surface area contributed by atoms with E-state index >= 15 is 0 Å². The molecular weight excluding hydrogens is 320 g/mol. The van der Waals surface area contributed by atoms with Gasteiger partial charge in [0.15, 0.2) is 5.75 Å². The van der Waals surface area contributed by atoms with Gasteiger partial charge in [0.2, 0.25) is 5.76 Å². The molecule has 1 aliphatic heterocycles. The Labute approximate surface area is 141 Å². The second-order valence-corrected chi connectivity index (χ2v) is 5.62. The van der Waals surface area contributed by atoms with Gasteiger partial charge >= 0.3 is 5.97 Å². The summed E-state index contributed by atoms with van der Waals surface area (Å²) in [6, 6.07) is 13.9. The van der Waals surface area contributed by atoms with Crippen molar-refractivity contribution < 1.29 is 18.7 Å². The van der Waals surface area contributed by atoms with E-state index in [0.717, 1.165) is 0 Å². The molecule has 4 heterocycles. The number of nitrogens with zero attached hydrogens (tertiary/aromatic N) is 2. The number of hydrogen-bond acceptors (Lipinski definition) is 5. The minimum atomic E-state index is -0.659. The second kappa shape index (κ2) is 4.91. The fourth-order valence-electron chi connectivity index (χ4n) is 3.08. The number of fused-ring (bicyclic) bond motifs is 4. The number of hydrogen-bond donors (Lipinski definition) is 0. The van der Waals surface area contributed by atoms with E-state index < -0.39 is 5.97 Å². The van der Waals surface area contributed by atoms with E-state index in [1.807, 2.05) is 18.2 Å². The summed E-state index contributed by atoms with van der Waals surface area (Å²) in [4.78, 5) is 29.8. The van der Waals surface area contributed by atoms with Gasteiger partial charge in [0.05, 0.1) is 17.5 Å². The second-order valence-electron chi connectivity index (χ2n) is 5.62. The monoisotopic (exact) mass is 330 g/mol. The lowest BCUT2D eigenvalue weighted by molar-refractivity contribution is 0.0702. The molecule has 6 nitrogen and oxygen atoms in total. The molecule has 0 bridgehead atoms. The predicted octanol–water partition coefficient (Wildman–Crippen LogP) is 3.52. The highest BCUT2D eigenvalue weighted by atomic mass is 16.5. The lowest BCUT2D eigenvalue weighted by atomic mass is 10.1. The standard InChI is InChI=1S/C19H10N2O4/c22-18-15-16(13-7-3-9-21(13)18)20-12-6-2-1-5-11(12)17(15)25-19(23)14-8-4-10-24-14/h1-10H. The van der Waals surface area contributed by atoms with E-state index in [2.05, 4.69) is 4.98 Å². The van der Waals surface area contributed by atoms with Crippen LogP contribution in [0.2, 0.25) is 0 Å². The number of carbonyl (C=O) groups is 2. The lowest BCUT2D eigenvalue weighted by Crippen LogP contribution is -2.13. The summed E-state index contributed by atoms with van der Waals surface area (Å²) in [5.74, 6) is -0.654. The Bertz CT molecular complexity index is 1160. The normalized spacial score (nSPS) is 12.2. The van der Waals surface area contributed by atoms with Crippen molar-refractivity contribution in [1.29, 1.82) is 0 Å². The number of carbonyl (C=O) groups excluding carboxylic acids is 2. The first kappa shape index (κ1) is 13.7. The zero-order valence-corrected chi connectivity index (χ0v) is 12.8. The lowest BCUT2D eigenvalue weighted by Gasteiger charge is -2.10. The third kappa shape index (κ3) is 1.88. The third-order valence-electron chi connectivity index (χ3n) is 4.19. The molecule has 4 aromatic rings. The largest absolute Gasteiger partial charge is 0.457 e. The third-order valence-corrected chi connectivity index (χ3v) is 4.19. The van der Waals surface area contributed by atoms with Gasteiger partial charge in [0.25, 0.3) is 5.91 Å². The Morgan fingerprint density at radius 2 is 1.96 bits per heavy atom. The molecule has 0 radical (unpaired) electrons. The van der Waals surface area contributed by atoms with Crippen molar-refractivity contribution >= 4 is 22.8 Å². The Morgan fingerprint density at radius 3 is 2.80 bits per heavy atom. The van der Waals surface area contributed by atoms with Crippen LogP contribution in [0.5, 0.6) is 5.75 Å². The van der Waals surface area contributed by atoms with Gasteiger partial charge in [0, 0.05) is 11.6 Å². The molecule has 6 heteroatoms. The molecule has 0 amide bonds. The van der Waals surface area contributed by atoms with E-state index in [0.29, 0.717) is 22.3 Å². The van der Waals surface area contributed by atoms with Crippen LogP contribution in [0.1, 0.15) is 20.9 Å². The van der Waals surface area contributed by atoms with Gasteiger partial charge in [-0.15, -0.1) is 0 Å². The summed E-state index contributed by atoms with van der Waals surface area (Å²) >= 11 is 0. The maximum Gasteiger partial charge on any atom is 0.379 e. The zero-order chi connectivity index (χ0) is 17.0. The van der Waals surface area contributed by atoms with E-state index in [1.165, 1.54) is 16.9 Å². The Morgan fingerprint density at radius 1 is 1.08 bits per heavy atom. The van der Waals surface area contributed by atoms with Crippen LogP contribution in [-0.4, -0.2) is 21.4 Å². The SMILES string of the molecule is O=C(Oc1c2c(nc3ccccc13)-c1cccn1C2=O)c1ccco1. The molecule has 0 saturated carbocycles. The average Bonchev–Trinajstić information content (AvgIpc) is 3.35. The molecule has 1 aromatic carbocycles. The molecule has 0 atom stereocenters. The van der Waals surface area contributed by atoms with Crippen LogP contribution >= 0.6 is 0 Å². The van der Waals surface area contributed by atoms with Crippen molar-refractivity contribution in [3.63, 3.8) is 0 Å². The van der Waals surface area contributed by atoms with Gasteiger partial charge in [-0.2, -0.15) is 0 Å². The van der Waals surface area contributed by atoms with Crippen molar-refractivity contribution in [3.05, 3.63) is 72.3 Å². The number of rotatable bonds is 2. The number of esters is 1. The van der Waals surface area contributed by atoms with E-state index in [-0.39, 0.29) is 23.0 Å². The molecule has 0 fully saturated rings. The van der Waals surface area contributed by atoms with Crippen molar-refractivity contribution in [2.45, 2.75) is 0 Å². The summed E-state index contributed by atoms with van der Waals surface area (Å²) in [5.41, 5.74) is 2.12. The molecule has 0 spiro atoms. The van der Waals surface area contributed by atoms with Crippen LogP contribution in [-0.2, 0) is 0 Å². The molecule has 3 aromatic heterocycles. The molecule has 1 aliphatic rings. The molecule has 0 saturated heterocycles. The number of para-hydroxylation sites is 1. The van der Waals surface area contributed by atoms with Crippen LogP contribution in [0.4, 0.5) is 0 Å². The van der Waals surface area contributed by atoms with E-state index in [1.54, 1.807) is 30.5 Å². The van der Waals surface area contributed by atoms with Gasteiger partial charge < -0.3 is 9.15 Å². The molecule has 25 heavy (non-hydrogen) atoms. The number of pyridine rings is 1. The van der Waals surface area contributed by atoms with Gasteiger partial charge in [-0.1, -0.05) is 12.1 Å². The average molecular weight is 330 g/mol. The maximum absolute atomic E-state index is 12.8.